The van der Waals surface area contributed by atoms with Gasteiger partial charge in [0.2, 0.25) is 10.0 Å². The number of para-hydroxylation sites is 1. The molecule has 216 valence electrons. The molecule has 1 aromatic heterocycles. The summed E-state index contributed by atoms with van der Waals surface area (Å²) >= 11 is 0. The van der Waals surface area contributed by atoms with Crippen LogP contribution >= 0.6 is 0 Å². The first-order valence-electron chi connectivity index (χ1n) is 13.9. The molecular formula is C30H41N5O4S. The van der Waals surface area contributed by atoms with Crippen molar-refractivity contribution in [2.45, 2.75) is 63.9 Å². The quantitative estimate of drug-likeness (QED) is 0.359. The number of hydrogen-bond donors (Lipinski definition) is 1. The molecule has 4 rings (SSSR count). The van der Waals surface area contributed by atoms with Gasteiger partial charge in [-0.3, -0.25) is 4.90 Å². The molecule has 10 heteroatoms. The topological polar surface area (TPSA) is 105 Å². The van der Waals surface area contributed by atoms with Crippen molar-refractivity contribution in [2.75, 3.05) is 38.6 Å². The normalized spacial score (nSPS) is 16.3. The summed E-state index contributed by atoms with van der Waals surface area (Å²) in [6, 6.07) is 14.4. The second-order valence-electron chi connectivity index (χ2n) is 11.3. The minimum absolute atomic E-state index is 0.00312. The van der Waals surface area contributed by atoms with Crippen molar-refractivity contribution in [3.63, 3.8) is 0 Å². The number of nitrogens with zero attached hydrogens (tertiary/aromatic N) is 4. The molecule has 1 aliphatic rings. The molecular weight excluding hydrogens is 526 g/mol. The Hall–Kier alpha value is -3.08. The van der Waals surface area contributed by atoms with Crippen molar-refractivity contribution >= 4 is 32.7 Å². The van der Waals surface area contributed by atoms with Crippen LogP contribution in [0.3, 0.4) is 0 Å². The highest BCUT2D eigenvalue weighted by atomic mass is 32.2. The number of aromatic nitrogens is 2. The Bertz CT molecular complexity index is 1430. The van der Waals surface area contributed by atoms with Crippen LogP contribution in [-0.2, 0) is 31.5 Å². The second-order valence-corrected chi connectivity index (χ2v) is 13.3. The summed E-state index contributed by atoms with van der Waals surface area (Å²) in [6.45, 7) is 12.7. The van der Waals surface area contributed by atoms with E-state index in [9.17, 15) is 13.2 Å². The molecule has 1 N–H and O–H groups in total. The van der Waals surface area contributed by atoms with Crippen molar-refractivity contribution in [3.8, 4) is 0 Å². The van der Waals surface area contributed by atoms with Gasteiger partial charge in [0.15, 0.2) is 0 Å². The first kappa shape index (κ1) is 29.9. The van der Waals surface area contributed by atoms with Crippen molar-refractivity contribution in [1.29, 1.82) is 0 Å². The highest BCUT2D eigenvalue weighted by Crippen LogP contribution is 2.29. The molecule has 2 heterocycles. The summed E-state index contributed by atoms with van der Waals surface area (Å²) in [7, 11) is -2.19. The van der Waals surface area contributed by atoms with Crippen LogP contribution in [0, 0.1) is 5.92 Å². The number of piperazine rings is 1. The fraction of sp³-hybridized carbons (Fsp3) is 0.500. The number of benzene rings is 2. The Morgan fingerprint density at radius 2 is 1.68 bits per heavy atom. The summed E-state index contributed by atoms with van der Waals surface area (Å²) in [5.74, 6) is 0.842. The molecule has 1 saturated heterocycles. The number of carbonyl (C=O) groups is 1. The third-order valence-corrected chi connectivity index (χ3v) is 9.83. The summed E-state index contributed by atoms with van der Waals surface area (Å²) in [6.07, 6.45) is 0.975. The van der Waals surface area contributed by atoms with Crippen LogP contribution in [0.25, 0.3) is 10.9 Å². The van der Waals surface area contributed by atoms with Gasteiger partial charge < -0.3 is 10.1 Å². The smallest absolute Gasteiger partial charge is 0.328 e. The van der Waals surface area contributed by atoms with E-state index in [0.29, 0.717) is 49.3 Å². The fourth-order valence-corrected chi connectivity index (χ4v) is 6.26. The second kappa shape index (κ2) is 12.2. The minimum Gasteiger partial charge on any atom is -0.467 e. The largest absolute Gasteiger partial charge is 0.467 e. The number of carbonyl (C=O) groups excluding carboxylic acids is 1. The van der Waals surface area contributed by atoms with Crippen LogP contribution < -0.4 is 5.32 Å². The zero-order valence-electron chi connectivity index (χ0n) is 24.3. The van der Waals surface area contributed by atoms with E-state index in [1.54, 1.807) is 16.4 Å². The molecule has 1 fully saturated rings. The van der Waals surface area contributed by atoms with Gasteiger partial charge in [-0.1, -0.05) is 58.9 Å². The van der Waals surface area contributed by atoms with E-state index in [2.05, 4.69) is 31.0 Å². The van der Waals surface area contributed by atoms with Crippen LogP contribution in [0.15, 0.2) is 53.4 Å². The molecule has 0 unspecified atom stereocenters. The molecule has 0 bridgehead atoms. The van der Waals surface area contributed by atoms with Crippen LogP contribution in [0.4, 0.5) is 5.82 Å². The van der Waals surface area contributed by atoms with E-state index in [4.69, 9.17) is 14.7 Å². The molecule has 40 heavy (non-hydrogen) atoms. The number of hydrogen-bond acceptors (Lipinski definition) is 8. The molecule has 0 radical (unpaired) electrons. The number of rotatable bonds is 10. The zero-order valence-corrected chi connectivity index (χ0v) is 25.2. The van der Waals surface area contributed by atoms with Gasteiger partial charge in [0, 0.05) is 31.6 Å². The summed E-state index contributed by atoms with van der Waals surface area (Å²) in [4.78, 5) is 24.4. The van der Waals surface area contributed by atoms with Crippen molar-refractivity contribution in [1.82, 2.24) is 19.2 Å². The van der Waals surface area contributed by atoms with Crippen molar-refractivity contribution < 1.29 is 17.9 Å². The number of anilines is 1. The first-order chi connectivity index (χ1) is 19.0. The van der Waals surface area contributed by atoms with Gasteiger partial charge in [0.05, 0.1) is 24.1 Å². The van der Waals surface area contributed by atoms with E-state index >= 15 is 0 Å². The molecule has 2 aromatic carbocycles. The first-order valence-corrected chi connectivity index (χ1v) is 15.3. The SMILES string of the molecule is CCC(C)(C)c1ccc(S(=O)(=O)N2CCN(Cc3nc(N[C@H](C(=O)OC)C(C)C)c4ccccc4n3)CC2)cc1. The Labute approximate surface area is 238 Å². The Balaban J connectivity index is 1.47. The van der Waals surface area contributed by atoms with Crippen LogP contribution in [0.5, 0.6) is 0 Å². The minimum atomic E-state index is -3.57. The molecule has 3 aromatic rings. The number of esters is 1. The van der Waals surface area contributed by atoms with Crippen LogP contribution in [0.1, 0.15) is 52.4 Å². The molecule has 1 aliphatic heterocycles. The average molecular weight is 568 g/mol. The summed E-state index contributed by atoms with van der Waals surface area (Å²) in [5, 5.41) is 4.10. The molecule has 1 atom stereocenters. The lowest BCUT2D eigenvalue weighted by Gasteiger charge is -2.33. The predicted octanol–water partition coefficient (Wildman–Crippen LogP) is 4.43. The van der Waals surface area contributed by atoms with E-state index in [-0.39, 0.29) is 17.3 Å². The molecule has 0 aliphatic carbocycles. The third-order valence-electron chi connectivity index (χ3n) is 7.92. The van der Waals surface area contributed by atoms with Gasteiger partial charge in [-0.15, -0.1) is 0 Å². The maximum Gasteiger partial charge on any atom is 0.328 e. The number of nitrogens with one attached hydrogen (secondary N) is 1. The number of ether oxygens (including phenoxy) is 1. The number of sulfonamides is 1. The van der Waals surface area contributed by atoms with Gasteiger partial charge in [-0.25, -0.2) is 23.2 Å². The number of methoxy groups -OCH3 is 1. The molecule has 0 spiro atoms. The molecule has 0 saturated carbocycles. The molecule has 0 amide bonds. The van der Waals surface area contributed by atoms with E-state index in [1.165, 1.54) is 7.11 Å². The summed E-state index contributed by atoms with van der Waals surface area (Å²) < 4.78 is 33.3. The van der Waals surface area contributed by atoms with E-state index in [0.717, 1.165) is 22.9 Å². The highest BCUT2D eigenvalue weighted by Gasteiger charge is 2.30. The van der Waals surface area contributed by atoms with Gasteiger partial charge in [0.25, 0.3) is 0 Å². The Kier molecular flexibility index (Phi) is 9.12. The Morgan fingerprint density at radius 1 is 1.02 bits per heavy atom. The van der Waals surface area contributed by atoms with Gasteiger partial charge in [-0.2, -0.15) is 4.31 Å². The highest BCUT2D eigenvalue weighted by molar-refractivity contribution is 7.89. The average Bonchev–Trinajstić information content (AvgIpc) is 2.95. The van der Waals surface area contributed by atoms with Gasteiger partial charge >= 0.3 is 5.97 Å². The lowest BCUT2D eigenvalue weighted by atomic mass is 9.82. The zero-order chi connectivity index (χ0) is 29.1. The lowest BCUT2D eigenvalue weighted by Crippen LogP contribution is -2.48. The third kappa shape index (κ3) is 6.45. The predicted molar refractivity (Wildman–Crippen MR) is 158 cm³/mol. The monoisotopic (exact) mass is 567 g/mol. The van der Waals surface area contributed by atoms with E-state index in [1.807, 2.05) is 50.2 Å². The lowest BCUT2D eigenvalue weighted by molar-refractivity contribution is -0.142. The fourth-order valence-electron chi connectivity index (χ4n) is 4.84. The summed E-state index contributed by atoms with van der Waals surface area (Å²) in [5.41, 5.74) is 1.91. The van der Waals surface area contributed by atoms with Crippen LogP contribution in [0.2, 0.25) is 0 Å². The molecule has 9 nitrogen and oxygen atoms in total. The van der Waals surface area contributed by atoms with Crippen LogP contribution in [-0.4, -0.2) is 72.9 Å². The van der Waals surface area contributed by atoms with Gasteiger partial charge in [-0.05, 0) is 47.6 Å². The van der Waals surface area contributed by atoms with Crippen molar-refractivity contribution in [3.05, 3.63) is 59.9 Å². The maximum absolute atomic E-state index is 13.3. The standard InChI is InChI=1S/C30H41N5O4S/c1-7-30(4,5)22-12-14-23(15-13-22)40(37,38)35-18-16-34(17-19-35)20-26-31-25-11-9-8-10-24(25)28(32-26)33-27(21(2)3)29(36)39-6/h8-15,21,27H,7,16-20H2,1-6H3,(H,31,32,33)/t27-/m0/s1. The van der Waals surface area contributed by atoms with Crippen molar-refractivity contribution in [2.24, 2.45) is 5.92 Å². The Morgan fingerprint density at radius 3 is 2.27 bits per heavy atom. The maximum atomic E-state index is 13.3. The van der Waals surface area contributed by atoms with Gasteiger partial charge in [0.1, 0.15) is 17.7 Å². The van der Waals surface area contributed by atoms with E-state index < -0.39 is 16.1 Å². The number of fused-ring (bicyclic) bond motifs is 1.